The molecule has 3 nitrogen and oxygen atoms in total. The molecule has 0 bridgehead atoms. The molecule has 0 fully saturated rings. The fourth-order valence-electron chi connectivity index (χ4n) is 1.76. The third kappa shape index (κ3) is 3.62. The van der Waals surface area contributed by atoms with Crippen LogP contribution in [-0.2, 0) is 17.7 Å². The lowest BCUT2D eigenvalue weighted by Crippen LogP contribution is -2.39. The first-order valence-electron chi connectivity index (χ1n) is 5.59. The van der Waals surface area contributed by atoms with Gasteiger partial charge in [0.15, 0.2) is 0 Å². The van der Waals surface area contributed by atoms with Gasteiger partial charge < -0.3 is 9.64 Å². The van der Waals surface area contributed by atoms with Gasteiger partial charge in [-0.2, -0.15) is 0 Å². The van der Waals surface area contributed by atoms with Gasteiger partial charge in [-0.3, -0.25) is 0 Å². The second-order valence-corrected chi connectivity index (χ2v) is 6.96. The Morgan fingerprint density at radius 2 is 2.17 bits per heavy atom. The van der Waals surface area contributed by atoms with Gasteiger partial charge in [-0.05, 0) is 48.7 Å². The molecule has 2 rings (SSSR count). The maximum Gasteiger partial charge on any atom is 0.410 e. The minimum absolute atomic E-state index is 0. The molecule has 0 atom stereocenters. The van der Waals surface area contributed by atoms with Gasteiger partial charge >= 0.3 is 6.09 Å². The number of hydrogen-bond donors (Lipinski definition) is 0. The van der Waals surface area contributed by atoms with E-state index in [-0.39, 0.29) is 18.5 Å². The number of amides is 1. The highest BCUT2D eigenvalue weighted by atomic mass is 79.9. The molecule has 1 aliphatic rings. The summed E-state index contributed by atoms with van der Waals surface area (Å²) in [5.74, 6) is 0. The van der Waals surface area contributed by atoms with Crippen molar-refractivity contribution in [2.45, 2.75) is 39.3 Å². The lowest BCUT2D eigenvalue weighted by Gasteiger charge is -2.30. The van der Waals surface area contributed by atoms with E-state index in [9.17, 15) is 4.79 Å². The van der Waals surface area contributed by atoms with Crippen LogP contribution in [0.1, 0.15) is 31.2 Å². The minimum atomic E-state index is -0.427. The molecule has 1 aromatic heterocycles. The van der Waals surface area contributed by atoms with Crippen LogP contribution >= 0.6 is 39.7 Å². The normalized spacial score (nSPS) is 14.8. The molecule has 0 N–H and O–H groups in total. The molecule has 1 aliphatic heterocycles. The summed E-state index contributed by atoms with van der Waals surface area (Å²) in [6, 6.07) is 0. The Balaban J connectivity index is 0.00000162. The van der Waals surface area contributed by atoms with Crippen molar-refractivity contribution in [3.05, 3.63) is 20.3 Å². The topological polar surface area (TPSA) is 29.5 Å². The highest BCUT2D eigenvalue weighted by molar-refractivity contribution is 9.10. The maximum absolute atomic E-state index is 11.9. The monoisotopic (exact) mass is 353 g/mol. The zero-order valence-corrected chi connectivity index (χ0v) is 13.9. The van der Waals surface area contributed by atoms with Gasteiger partial charge in [-0.1, -0.05) is 0 Å². The predicted molar refractivity (Wildman–Crippen MR) is 79.6 cm³/mol. The van der Waals surface area contributed by atoms with Crippen molar-refractivity contribution < 1.29 is 9.53 Å². The van der Waals surface area contributed by atoms with E-state index >= 15 is 0 Å². The Kier molecular flexibility index (Phi) is 5.09. The van der Waals surface area contributed by atoms with E-state index in [1.807, 2.05) is 20.8 Å². The highest BCUT2D eigenvalue weighted by Gasteiger charge is 2.27. The third-order valence-electron chi connectivity index (χ3n) is 2.54. The Bertz CT molecular complexity index is 442. The van der Waals surface area contributed by atoms with E-state index in [4.69, 9.17) is 4.74 Å². The van der Waals surface area contributed by atoms with Crippen molar-refractivity contribution in [1.29, 1.82) is 0 Å². The van der Waals surface area contributed by atoms with Crippen molar-refractivity contribution in [2.75, 3.05) is 6.54 Å². The van der Waals surface area contributed by atoms with Crippen molar-refractivity contribution in [3.8, 4) is 0 Å². The maximum atomic E-state index is 11.9. The fraction of sp³-hybridized carbons (Fsp3) is 0.583. The molecular formula is C12H17BrClNO2S. The van der Waals surface area contributed by atoms with E-state index in [2.05, 4.69) is 21.3 Å². The number of thiophene rings is 1. The van der Waals surface area contributed by atoms with Crippen LogP contribution in [0, 0.1) is 0 Å². The molecule has 0 saturated heterocycles. The lowest BCUT2D eigenvalue weighted by molar-refractivity contribution is 0.0225. The number of carbonyl (C=O) groups is 1. The summed E-state index contributed by atoms with van der Waals surface area (Å²) in [4.78, 5) is 15.1. The number of ether oxygens (including phenoxy) is 1. The first kappa shape index (κ1) is 15.8. The van der Waals surface area contributed by atoms with Crippen LogP contribution < -0.4 is 0 Å². The minimum Gasteiger partial charge on any atom is -0.444 e. The number of carbonyl (C=O) groups excluding carboxylic acids is 1. The van der Waals surface area contributed by atoms with Crippen LogP contribution in [0.2, 0.25) is 0 Å². The second kappa shape index (κ2) is 5.80. The Labute approximate surface area is 126 Å². The molecule has 0 aliphatic carbocycles. The fourth-order valence-corrected chi connectivity index (χ4v) is 3.45. The SMILES string of the molecule is CC(C)(C)OC(=O)N1CCc2scc(Br)c2C1.Cl. The molecule has 0 saturated carbocycles. The molecule has 2 heterocycles. The molecular weight excluding hydrogens is 338 g/mol. The van der Waals surface area contributed by atoms with E-state index in [0.29, 0.717) is 6.54 Å². The summed E-state index contributed by atoms with van der Waals surface area (Å²) in [6.45, 7) is 7.06. The molecule has 0 aromatic carbocycles. The first-order chi connectivity index (χ1) is 7.87. The Hall–Kier alpha value is -0.260. The highest BCUT2D eigenvalue weighted by Crippen LogP contribution is 2.32. The van der Waals surface area contributed by atoms with Crippen molar-refractivity contribution in [3.63, 3.8) is 0 Å². The van der Waals surface area contributed by atoms with Gasteiger partial charge in [-0.25, -0.2) is 4.79 Å². The summed E-state index contributed by atoms with van der Waals surface area (Å²) >= 11 is 5.27. The van der Waals surface area contributed by atoms with Gasteiger partial charge in [0.05, 0.1) is 6.54 Å². The van der Waals surface area contributed by atoms with E-state index in [1.54, 1.807) is 16.2 Å². The van der Waals surface area contributed by atoms with Gasteiger partial charge in [0.1, 0.15) is 5.60 Å². The Morgan fingerprint density at radius 1 is 1.50 bits per heavy atom. The molecule has 0 spiro atoms. The lowest BCUT2D eigenvalue weighted by atomic mass is 10.1. The van der Waals surface area contributed by atoms with Crippen LogP contribution in [0.15, 0.2) is 9.85 Å². The number of halogens is 2. The smallest absolute Gasteiger partial charge is 0.410 e. The molecule has 1 aromatic rings. The zero-order chi connectivity index (χ0) is 12.6. The number of nitrogens with zero attached hydrogens (tertiary/aromatic N) is 1. The molecule has 18 heavy (non-hydrogen) atoms. The van der Waals surface area contributed by atoms with Gasteiger partial charge in [0.25, 0.3) is 0 Å². The molecule has 1 amide bonds. The number of fused-ring (bicyclic) bond motifs is 1. The zero-order valence-electron chi connectivity index (χ0n) is 10.7. The van der Waals surface area contributed by atoms with E-state index in [0.717, 1.165) is 17.4 Å². The quantitative estimate of drug-likeness (QED) is 0.698. The van der Waals surface area contributed by atoms with Crippen LogP contribution in [0.3, 0.4) is 0 Å². The van der Waals surface area contributed by atoms with E-state index < -0.39 is 5.60 Å². The number of rotatable bonds is 0. The van der Waals surface area contributed by atoms with Crippen LogP contribution in [0.4, 0.5) is 4.79 Å². The summed E-state index contributed by atoms with van der Waals surface area (Å²) in [5, 5.41) is 2.09. The second-order valence-electron chi connectivity index (χ2n) is 5.14. The van der Waals surface area contributed by atoms with Crippen molar-refractivity contribution >= 4 is 45.8 Å². The van der Waals surface area contributed by atoms with Gasteiger partial charge in [-0.15, -0.1) is 23.7 Å². The first-order valence-corrected chi connectivity index (χ1v) is 7.27. The number of hydrogen-bond acceptors (Lipinski definition) is 3. The van der Waals surface area contributed by atoms with Crippen LogP contribution in [0.25, 0.3) is 0 Å². The van der Waals surface area contributed by atoms with E-state index in [1.165, 1.54) is 10.4 Å². The van der Waals surface area contributed by atoms with Gasteiger partial charge in [0, 0.05) is 21.3 Å². The standard InChI is InChI=1S/C12H16BrNO2S.ClH/c1-12(2,3)16-11(15)14-5-4-10-8(6-14)9(13)7-17-10;/h7H,4-6H2,1-3H3;1H. The van der Waals surface area contributed by atoms with Crippen molar-refractivity contribution in [1.82, 2.24) is 4.90 Å². The summed E-state index contributed by atoms with van der Waals surface area (Å²) in [5.41, 5.74) is 0.801. The molecule has 0 radical (unpaired) electrons. The molecule has 102 valence electrons. The summed E-state index contributed by atoms with van der Waals surface area (Å²) in [6.07, 6.45) is 0.700. The average molecular weight is 355 g/mol. The Morgan fingerprint density at radius 3 is 2.78 bits per heavy atom. The van der Waals surface area contributed by atoms with Crippen molar-refractivity contribution in [2.24, 2.45) is 0 Å². The van der Waals surface area contributed by atoms with Crippen LogP contribution in [-0.4, -0.2) is 23.1 Å². The summed E-state index contributed by atoms with van der Waals surface area (Å²) in [7, 11) is 0. The van der Waals surface area contributed by atoms with Crippen LogP contribution in [0.5, 0.6) is 0 Å². The largest absolute Gasteiger partial charge is 0.444 e. The third-order valence-corrected chi connectivity index (χ3v) is 4.64. The molecule has 0 unspecified atom stereocenters. The predicted octanol–water partition coefficient (Wildman–Crippen LogP) is 4.23. The average Bonchev–Trinajstić information content (AvgIpc) is 2.57. The molecule has 6 heteroatoms. The van der Waals surface area contributed by atoms with Gasteiger partial charge in [0.2, 0.25) is 0 Å². The summed E-state index contributed by atoms with van der Waals surface area (Å²) < 4.78 is 6.49.